The standard InChI is InChI=1S/C9H9NO3/c1-12-9(11)7-3-2-6-4-13-5-8(6)10-7/h2-3H,4-5H2,1H3. The molecule has 0 saturated carbocycles. The van der Waals surface area contributed by atoms with Crippen LogP contribution in [0.5, 0.6) is 0 Å². The number of methoxy groups -OCH3 is 1. The van der Waals surface area contributed by atoms with Crippen LogP contribution in [-0.2, 0) is 22.7 Å². The Balaban J connectivity index is 2.36. The quantitative estimate of drug-likeness (QED) is 0.601. The molecule has 2 heterocycles. The molecule has 2 rings (SSSR count). The van der Waals surface area contributed by atoms with Gasteiger partial charge in [0.05, 0.1) is 26.0 Å². The SMILES string of the molecule is COC(=O)c1ccc2c(n1)COC2. The van der Waals surface area contributed by atoms with E-state index in [2.05, 4.69) is 9.72 Å². The van der Waals surface area contributed by atoms with Gasteiger partial charge >= 0.3 is 5.97 Å². The van der Waals surface area contributed by atoms with E-state index in [-0.39, 0.29) is 0 Å². The van der Waals surface area contributed by atoms with E-state index >= 15 is 0 Å². The molecule has 0 radical (unpaired) electrons. The van der Waals surface area contributed by atoms with Crippen LogP contribution < -0.4 is 0 Å². The molecular weight excluding hydrogens is 170 g/mol. The molecule has 0 fully saturated rings. The summed E-state index contributed by atoms with van der Waals surface area (Å²) in [6, 6.07) is 3.50. The van der Waals surface area contributed by atoms with Gasteiger partial charge in [-0.25, -0.2) is 9.78 Å². The molecule has 68 valence electrons. The average molecular weight is 179 g/mol. The average Bonchev–Trinajstić information content (AvgIpc) is 2.63. The fourth-order valence-corrected chi connectivity index (χ4v) is 1.26. The Labute approximate surface area is 75.5 Å². The van der Waals surface area contributed by atoms with Crippen LogP contribution in [0.3, 0.4) is 0 Å². The van der Waals surface area contributed by atoms with E-state index in [1.807, 2.05) is 6.07 Å². The third-order valence-electron chi connectivity index (χ3n) is 1.96. The fourth-order valence-electron chi connectivity index (χ4n) is 1.26. The van der Waals surface area contributed by atoms with Gasteiger partial charge < -0.3 is 9.47 Å². The van der Waals surface area contributed by atoms with Crippen LogP contribution in [0.25, 0.3) is 0 Å². The van der Waals surface area contributed by atoms with Gasteiger partial charge in [0, 0.05) is 5.56 Å². The van der Waals surface area contributed by atoms with Crippen LogP contribution in [0.4, 0.5) is 0 Å². The Bertz CT molecular complexity index is 349. The van der Waals surface area contributed by atoms with Gasteiger partial charge in [0.25, 0.3) is 0 Å². The molecular formula is C9H9NO3. The van der Waals surface area contributed by atoms with E-state index in [4.69, 9.17) is 4.74 Å². The molecule has 0 amide bonds. The van der Waals surface area contributed by atoms with E-state index < -0.39 is 5.97 Å². The monoisotopic (exact) mass is 179 g/mol. The van der Waals surface area contributed by atoms with Crippen molar-refractivity contribution in [2.24, 2.45) is 0 Å². The maximum absolute atomic E-state index is 11.1. The lowest BCUT2D eigenvalue weighted by atomic mass is 10.2. The number of pyridine rings is 1. The van der Waals surface area contributed by atoms with E-state index in [9.17, 15) is 4.79 Å². The van der Waals surface area contributed by atoms with Gasteiger partial charge in [-0.2, -0.15) is 0 Å². The summed E-state index contributed by atoms with van der Waals surface area (Å²) in [6.07, 6.45) is 0. The number of ether oxygens (including phenoxy) is 2. The maximum atomic E-state index is 11.1. The molecule has 0 aliphatic carbocycles. The summed E-state index contributed by atoms with van der Waals surface area (Å²) in [5.41, 5.74) is 2.22. The Morgan fingerprint density at radius 1 is 1.54 bits per heavy atom. The lowest BCUT2D eigenvalue weighted by Gasteiger charge is -1.99. The number of nitrogens with zero attached hydrogens (tertiary/aromatic N) is 1. The summed E-state index contributed by atoms with van der Waals surface area (Å²) in [5.74, 6) is -0.408. The molecule has 4 heteroatoms. The van der Waals surface area contributed by atoms with Crippen LogP contribution in [-0.4, -0.2) is 18.1 Å². The van der Waals surface area contributed by atoms with E-state index in [1.165, 1.54) is 7.11 Å². The molecule has 0 saturated heterocycles. The first-order valence-corrected chi connectivity index (χ1v) is 3.96. The zero-order valence-corrected chi connectivity index (χ0v) is 7.24. The Kier molecular flexibility index (Phi) is 1.98. The lowest BCUT2D eigenvalue weighted by molar-refractivity contribution is 0.0593. The summed E-state index contributed by atoms with van der Waals surface area (Å²) in [6.45, 7) is 1.07. The zero-order chi connectivity index (χ0) is 9.26. The van der Waals surface area contributed by atoms with Crippen molar-refractivity contribution in [3.05, 3.63) is 29.1 Å². The Morgan fingerprint density at radius 2 is 2.38 bits per heavy atom. The molecule has 1 aromatic rings. The number of carbonyl (C=O) groups excluding carboxylic acids is 1. The second-order valence-corrected chi connectivity index (χ2v) is 2.79. The van der Waals surface area contributed by atoms with Crippen LogP contribution in [0.15, 0.2) is 12.1 Å². The Hall–Kier alpha value is -1.42. The molecule has 0 unspecified atom stereocenters. The van der Waals surface area contributed by atoms with Crippen molar-refractivity contribution < 1.29 is 14.3 Å². The number of esters is 1. The van der Waals surface area contributed by atoms with Crippen molar-refractivity contribution >= 4 is 5.97 Å². The number of rotatable bonds is 1. The summed E-state index contributed by atoms with van der Waals surface area (Å²) < 4.78 is 9.72. The van der Waals surface area contributed by atoms with Gasteiger partial charge in [0.1, 0.15) is 5.69 Å². The maximum Gasteiger partial charge on any atom is 0.356 e. The first kappa shape index (κ1) is 8.19. The van der Waals surface area contributed by atoms with Crippen molar-refractivity contribution in [2.45, 2.75) is 13.2 Å². The molecule has 13 heavy (non-hydrogen) atoms. The van der Waals surface area contributed by atoms with Crippen LogP contribution in [0.2, 0.25) is 0 Å². The van der Waals surface area contributed by atoms with Gasteiger partial charge in [0.2, 0.25) is 0 Å². The van der Waals surface area contributed by atoms with Gasteiger partial charge in [-0.1, -0.05) is 6.07 Å². The van der Waals surface area contributed by atoms with Crippen molar-refractivity contribution in [3.63, 3.8) is 0 Å². The van der Waals surface area contributed by atoms with Gasteiger partial charge in [-0.3, -0.25) is 0 Å². The highest BCUT2D eigenvalue weighted by Crippen LogP contribution is 2.17. The molecule has 0 aromatic carbocycles. The van der Waals surface area contributed by atoms with E-state index in [0.29, 0.717) is 18.9 Å². The summed E-state index contributed by atoms with van der Waals surface area (Å²) in [4.78, 5) is 15.2. The highest BCUT2D eigenvalue weighted by atomic mass is 16.5. The molecule has 0 spiro atoms. The van der Waals surface area contributed by atoms with Crippen molar-refractivity contribution in [2.75, 3.05) is 7.11 Å². The molecule has 0 bridgehead atoms. The first-order chi connectivity index (χ1) is 6.31. The molecule has 1 aliphatic heterocycles. The minimum Gasteiger partial charge on any atom is -0.464 e. The summed E-state index contributed by atoms with van der Waals surface area (Å²) in [5, 5.41) is 0. The van der Waals surface area contributed by atoms with Crippen LogP contribution >= 0.6 is 0 Å². The van der Waals surface area contributed by atoms with Crippen molar-refractivity contribution in [1.29, 1.82) is 0 Å². The number of aromatic nitrogens is 1. The normalized spacial score (nSPS) is 13.9. The number of carbonyl (C=O) groups is 1. The highest BCUT2D eigenvalue weighted by molar-refractivity contribution is 5.87. The fraction of sp³-hybridized carbons (Fsp3) is 0.333. The highest BCUT2D eigenvalue weighted by Gasteiger charge is 2.15. The molecule has 1 aliphatic rings. The predicted molar refractivity (Wildman–Crippen MR) is 44.1 cm³/mol. The van der Waals surface area contributed by atoms with Crippen molar-refractivity contribution in [1.82, 2.24) is 4.98 Å². The number of hydrogen-bond donors (Lipinski definition) is 0. The molecule has 4 nitrogen and oxygen atoms in total. The smallest absolute Gasteiger partial charge is 0.356 e. The summed E-state index contributed by atoms with van der Waals surface area (Å²) in [7, 11) is 1.34. The minimum atomic E-state index is -0.408. The van der Waals surface area contributed by atoms with Gasteiger partial charge in [0.15, 0.2) is 0 Å². The molecule has 1 aromatic heterocycles. The third-order valence-corrected chi connectivity index (χ3v) is 1.96. The first-order valence-electron chi connectivity index (χ1n) is 3.96. The minimum absolute atomic E-state index is 0.340. The number of fused-ring (bicyclic) bond motifs is 1. The van der Waals surface area contributed by atoms with Crippen LogP contribution in [0, 0.1) is 0 Å². The van der Waals surface area contributed by atoms with E-state index in [1.54, 1.807) is 6.07 Å². The van der Waals surface area contributed by atoms with Crippen molar-refractivity contribution in [3.8, 4) is 0 Å². The largest absolute Gasteiger partial charge is 0.464 e. The van der Waals surface area contributed by atoms with E-state index in [0.717, 1.165) is 11.3 Å². The second kappa shape index (κ2) is 3.14. The Morgan fingerprint density at radius 3 is 3.15 bits per heavy atom. The van der Waals surface area contributed by atoms with Crippen LogP contribution in [0.1, 0.15) is 21.7 Å². The second-order valence-electron chi connectivity index (χ2n) is 2.79. The van der Waals surface area contributed by atoms with Gasteiger partial charge in [-0.05, 0) is 6.07 Å². The number of hydrogen-bond acceptors (Lipinski definition) is 4. The molecule has 0 atom stereocenters. The predicted octanol–water partition coefficient (Wildman–Crippen LogP) is 0.898. The zero-order valence-electron chi connectivity index (χ0n) is 7.24. The lowest BCUT2D eigenvalue weighted by Crippen LogP contribution is -2.05. The van der Waals surface area contributed by atoms with Gasteiger partial charge in [-0.15, -0.1) is 0 Å². The third kappa shape index (κ3) is 1.40. The topological polar surface area (TPSA) is 48.4 Å². The summed E-state index contributed by atoms with van der Waals surface area (Å²) >= 11 is 0. The molecule has 0 N–H and O–H groups in total.